The predicted octanol–water partition coefficient (Wildman–Crippen LogP) is 3.42. The Morgan fingerprint density at radius 1 is 0.971 bits per heavy atom. The second kappa shape index (κ2) is 10.3. The summed E-state index contributed by atoms with van der Waals surface area (Å²) in [7, 11) is 4.59. The molecule has 35 heavy (non-hydrogen) atoms. The molecule has 182 valence electrons. The van der Waals surface area contributed by atoms with Gasteiger partial charge in [-0.1, -0.05) is 6.07 Å². The molecule has 0 aliphatic carbocycles. The number of Topliss-reactive ketones (excluding diaryl/α,β-unsaturated/α-hetero) is 1. The fourth-order valence-electron chi connectivity index (χ4n) is 4.23. The number of aryl methyl sites for hydroxylation is 1. The molecule has 0 unspecified atom stereocenters. The third kappa shape index (κ3) is 4.70. The number of carbonyl (C=O) groups excluding carboxylic acids is 2. The maximum Gasteiger partial charge on any atom is 0.295 e. The number of imidazole rings is 1. The molecule has 1 fully saturated rings. The molecule has 2 aromatic carbocycles. The molecular weight excluding hydrogens is 450 g/mol. The van der Waals surface area contributed by atoms with Gasteiger partial charge in [-0.2, -0.15) is 0 Å². The van der Waals surface area contributed by atoms with E-state index in [2.05, 4.69) is 4.98 Å². The topological polar surface area (TPSA) is 103 Å². The van der Waals surface area contributed by atoms with Crippen LogP contribution in [0, 0.1) is 0 Å². The summed E-state index contributed by atoms with van der Waals surface area (Å²) < 4.78 is 17.9. The molecule has 9 heteroatoms. The Hall–Kier alpha value is -4.27. The highest BCUT2D eigenvalue weighted by Crippen LogP contribution is 2.42. The first-order chi connectivity index (χ1) is 17.0. The molecule has 0 bridgehead atoms. The zero-order valence-corrected chi connectivity index (χ0v) is 19.8. The minimum atomic E-state index is -0.792. The lowest BCUT2D eigenvalue weighted by Gasteiger charge is -2.26. The summed E-state index contributed by atoms with van der Waals surface area (Å²) >= 11 is 0. The summed E-state index contributed by atoms with van der Waals surface area (Å²) in [4.78, 5) is 31.9. The average molecular weight is 478 g/mol. The van der Waals surface area contributed by atoms with Crippen LogP contribution in [0.15, 0.2) is 66.8 Å². The number of benzene rings is 2. The molecule has 1 atom stereocenters. The van der Waals surface area contributed by atoms with Gasteiger partial charge >= 0.3 is 0 Å². The summed E-state index contributed by atoms with van der Waals surface area (Å²) in [6.07, 6.45) is 5.81. The van der Waals surface area contributed by atoms with Gasteiger partial charge in [0.1, 0.15) is 11.5 Å². The highest BCUT2D eigenvalue weighted by molar-refractivity contribution is 6.46. The molecule has 1 aromatic heterocycles. The van der Waals surface area contributed by atoms with Crippen molar-refractivity contribution in [3.05, 3.63) is 77.9 Å². The van der Waals surface area contributed by atoms with E-state index in [1.165, 1.54) is 19.1 Å². The molecular formula is C26H27N3O6. The first-order valence-corrected chi connectivity index (χ1v) is 11.1. The quantitative estimate of drug-likeness (QED) is 0.286. The van der Waals surface area contributed by atoms with Crippen molar-refractivity contribution in [3.63, 3.8) is 0 Å². The summed E-state index contributed by atoms with van der Waals surface area (Å²) in [6.45, 7) is 0.932. The minimum absolute atomic E-state index is 0.0232. The Labute approximate surface area is 203 Å². The van der Waals surface area contributed by atoms with Crippen molar-refractivity contribution in [1.29, 1.82) is 0 Å². The van der Waals surface area contributed by atoms with E-state index in [9.17, 15) is 14.7 Å². The molecule has 1 aliphatic heterocycles. The molecule has 0 saturated carbocycles. The Bertz CT molecular complexity index is 1230. The number of likely N-dealkylation sites (tertiary alicyclic amines) is 1. The van der Waals surface area contributed by atoms with Crippen LogP contribution < -0.4 is 14.2 Å². The van der Waals surface area contributed by atoms with Gasteiger partial charge in [-0.25, -0.2) is 4.98 Å². The third-order valence-corrected chi connectivity index (χ3v) is 6.00. The number of ketones is 1. The Balaban J connectivity index is 1.77. The number of rotatable bonds is 9. The van der Waals surface area contributed by atoms with Gasteiger partial charge in [-0.05, 0) is 48.4 Å². The summed E-state index contributed by atoms with van der Waals surface area (Å²) in [6, 6.07) is 11.1. The van der Waals surface area contributed by atoms with Gasteiger partial charge in [0.2, 0.25) is 0 Å². The van der Waals surface area contributed by atoms with E-state index >= 15 is 0 Å². The van der Waals surface area contributed by atoms with E-state index in [1.54, 1.807) is 62.1 Å². The van der Waals surface area contributed by atoms with E-state index in [-0.39, 0.29) is 11.3 Å². The van der Waals surface area contributed by atoms with Crippen molar-refractivity contribution in [2.75, 3.05) is 27.9 Å². The fourth-order valence-corrected chi connectivity index (χ4v) is 4.23. The molecule has 1 saturated heterocycles. The number of aromatic nitrogens is 2. The summed E-state index contributed by atoms with van der Waals surface area (Å²) in [5.74, 6) is -0.0611. The van der Waals surface area contributed by atoms with Crippen LogP contribution in [0.25, 0.3) is 5.76 Å². The van der Waals surface area contributed by atoms with Crippen LogP contribution in [0.1, 0.15) is 23.6 Å². The van der Waals surface area contributed by atoms with Crippen LogP contribution in [-0.4, -0.2) is 59.1 Å². The van der Waals surface area contributed by atoms with Crippen LogP contribution in [-0.2, 0) is 16.1 Å². The smallest absolute Gasteiger partial charge is 0.295 e. The third-order valence-electron chi connectivity index (χ3n) is 6.00. The lowest BCUT2D eigenvalue weighted by Crippen LogP contribution is -2.31. The zero-order chi connectivity index (χ0) is 24.9. The number of aliphatic hydroxyl groups is 1. The summed E-state index contributed by atoms with van der Waals surface area (Å²) in [5, 5.41) is 11.2. The van der Waals surface area contributed by atoms with E-state index in [0.29, 0.717) is 47.9 Å². The fraction of sp³-hybridized carbons (Fsp3) is 0.269. The number of hydrogen-bond acceptors (Lipinski definition) is 7. The zero-order valence-electron chi connectivity index (χ0n) is 19.8. The van der Waals surface area contributed by atoms with Gasteiger partial charge in [0, 0.05) is 31.0 Å². The second-order valence-electron chi connectivity index (χ2n) is 7.99. The van der Waals surface area contributed by atoms with Crippen molar-refractivity contribution >= 4 is 17.4 Å². The minimum Gasteiger partial charge on any atom is -0.507 e. The second-order valence-corrected chi connectivity index (χ2v) is 7.99. The van der Waals surface area contributed by atoms with Crippen molar-refractivity contribution in [2.45, 2.75) is 19.0 Å². The number of nitrogens with zero attached hydrogens (tertiary/aromatic N) is 3. The maximum atomic E-state index is 13.2. The van der Waals surface area contributed by atoms with Gasteiger partial charge in [0.05, 0.1) is 39.3 Å². The number of methoxy groups -OCH3 is 3. The molecule has 9 nitrogen and oxygen atoms in total. The highest BCUT2D eigenvalue weighted by atomic mass is 16.5. The van der Waals surface area contributed by atoms with E-state index in [0.717, 1.165) is 0 Å². The van der Waals surface area contributed by atoms with Gasteiger partial charge in [0.15, 0.2) is 11.5 Å². The summed E-state index contributed by atoms with van der Waals surface area (Å²) in [5.41, 5.74) is 1.06. The SMILES string of the molecule is COc1ccc(C(O)=C2C(=O)C(=O)N(CCCn3ccnc3)[C@@H]2c2ccc(OC)c(OC)c2)cc1. The molecule has 0 radical (unpaired) electrons. The Morgan fingerprint density at radius 3 is 2.34 bits per heavy atom. The molecule has 1 amide bonds. The van der Waals surface area contributed by atoms with Crippen LogP contribution >= 0.6 is 0 Å². The van der Waals surface area contributed by atoms with Crippen molar-refractivity contribution < 1.29 is 28.9 Å². The largest absolute Gasteiger partial charge is 0.507 e. The van der Waals surface area contributed by atoms with Crippen molar-refractivity contribution in [3.8, 4) is 17.2 Å². The van der Waals surface area contributed by atoms with Crippen molar-refractivity contribution in [1.82, 2.24) is 14.5 Å². The molecule has 2 heterocycles. The van der Waals surface area contributed by atoms with Gasteiger partial charge in [-0.3, -0.25) is 9.59 Å². The monoisotopic (exact) mass is 477 g/mol. The van der Waals surface area contributed by atoms with E-state index in [1.807, 2.05) is 10.8 Å². The predicted molar refractivity (Wildman–Crippen MR) is 128 cm³/mol. The van der Waals surface area contributed by atoms with E-state index in [4.69, 9.17) is 14.2 Å². The molecule has 3 aromatic rings. The van der Waals surface area contributed by atoms with Crippen molar-refractivity contribution in [2.24, 2.45) is 0 Å². The highest BCUT2D eigenvalue weighted by Gasteiger charge is 2.46. The van der Waals surface area contributed by atoms with Crippen LogP contribution in [0.4, 0.5) is 0 Å². The first-order valence-electron chi connectivity index (χ1n) is 11.1. The van der Waals surface area contributed by atoms with Gasteiger partial charge in [-0.15, -0.1) is 0 Å². The first kappa shape index (κ1) is 23.9. The Morgan fingerprint density at radius 2 is 1.71 bits per heavy atom. The molecule has 0 spiro atoms. The molecule has 1 N–H and O–H groups in total. The standard InChI is InChI=1S/C26H27N3O6/c1-33-19-8-5-17(6-9-19)24(30)22-23(18-7-10-20(34-2)21(15-18)35-3)29(26(32)25(22)31)13-4-12-28-14-11-27-16-28/h5-11,14-16,23,30H,4,12-13H2,1-3H3/t23-/m1/s1. The number of carbonyl (C=O) groups is 2. The maximum absolute atomic E-state index is 13.2. The number of amides is 1. The average Bonchev–Trinajstić information content (AvgIpc) is 3.50. The molecule has 4 rings (SSSR count). The van der Waals surface area contributed by atoms with Gasteiger partial charge in [0.25, 0.3) is 11.7 Å². The van der Waals surface area contributed by atoms with Crippen LogP contribution in [0.5, 0.6) is 17.2 Å². The van der Waals surface area contributed by atoms with E-state index < -0.39 is 17.7 Å². The number of hydrogen-bond donors (Lipinski definition) is 1. The Kier molecular flexibility index (Phi) is 7.05. The van der Waals surface area contributed by atoms with Crippen LogP contribution in [0.3, 0.4) is 0 Å². The molecule has 1 aliphatic rings. The number of aliphatic hydroxyl groups excluding tert-OH is 1. The lowest BCUT2D eigenvalue weighted by molar-refractivity contribution is -0.139. The van der Waals surface area contributed by atoms with Gasteiger partial charge < -0.3 is 28.8 Å². The van der Waals surface area contributed by atoms with Crippen LogP contribution in [0.2, 0.25) is 0 Å². The number of ether oxygens (including phenoxy) is 3. The normalized spacial score (nSPS) is 17.0. The lowest BCUT2D eigenvalue weighted by atomic mass is 9.95.